The number of carbonyl (C=O) groups is 1. The van der Waals surface area contributed by atoms with Crippen molar-refractivity contribution in [2.75, 3.05) is 18.1 Å². The molecule has 1 fully saturated rings. The Balaban J connectivity index is 2.37. The standard InChI is InChI=1S/C10H17NO2S/c1-8(7-12)11-10(13)6-9-2-4-14-5-3-9/h6,8,12H,2-5,7H2,1H3,(H,11,13). The van der Waals surface area contributed by atoms with Gasteiger partial charge in [-0.05, 0) is 31.3 Å². The van der Waals surface area contributed by atoms with Crippen LogP contribution in [0.2, 0.25) is 0 Å². The fourth-order valence-electron chi connectivity index (χ4n) is 1.29. The maximum absolute atomic E-state index is 11.4. The van der Waals surface area contributed by atoms with Crippen molar-refractivity contribution in [3.8, 4) is 0 Å². The SMILES string of the molecule is CC(CO)NC(=O)C=C1CCSCC1. The fourth-order valence-corrected chi connectivity index (χ4v) is 2.31. The number of carbonyl (C=O) groups excluding carboxylic acids is 1. The van der Waals surface area contributed by atoms with E-state index >= 15 is 0 Å². The molecule has 0 aromatic heterocycles. The Kier molecular flexibility index (Phi) is 5.04. The van der Waals surface area contributed by atoms with Gasteiger partial charge in [0.05, 0.1) is 6.61 Å². The van der Waals surface area contributed by atoms with Gasteiger partial charge in [-0.25, -0.2) is 0 Å². The molecule has 0 saturated carbocycles. The van der Waals surface area contributed by atoms with E-state index in [9.17, 15) is 4.79 Å². The van der Waals surface area contributed by atoms with Crippen LogP contribution in [0.25, 0.3) is 0 Å². The Hall–Kier alpha value is -0.480. The third-order valence-electron chi connectivity index (χ3n) is 2.13. The lowest BCUT2D eigenvalue weighted by atomic mass is 10.1. The molecule has 0 spiro atoms. The molecule has 1 rings (SSSR count). The van der Waals surface area contributed by atoms with Crippen molar-refractivity contribution in [3.05, 3.63) is 11.6 Å². The van der Waals surface area contributed by atoms with Crippen molar-refractivity contribution in [1.29, 1.82) is 0 Å². The van der Waals surface area contributed by atoms with Crippen molar-refractivity contribution < 1.29 is 9.90 Å². The minimum absolute atomic E-state index is 0.00916. The van der Waals surface area contributed by atoms with Gasteiger partial charge in [0.1, 0.15) is 0 Å². The molecule has 14 heavy (non-hydrogen) atoms. The fraction of sp³-hybridized carbons (Fsp3) is 0.700. The second kappa shape index (κ2) is 6.09. The largest absolute Gasteiger partial charge is 0.394 e. The molecule has 4 heteroatoms. The van der Waals surface area contributed by atoms with Crippen LogP contribution >= 0.6 is 11.8 Å². The van der Waals surface area contributed by atoms with Crippen molar-refractivity contribution in [3.63, 3.8) is 0 Å². The van der Waals surface area contributed by atoms with Gasteiger partial charge in [0.25, 0.3) is 0 Å². The van der Waals surface area contributed by atoms with E-state index in [1.807, 2.05) is 11.8 Å². The summed E-state index contributed by atoms with van der Waals surface area (Å²) in [4.78, 5) is 11.4. The summed E-state index contributed by atoms with van der Waals surface area (Å²) in [5, 5.41) is 11.5. The molecule has 0 aromatic rings. The molecule has 1 saturated heterocycles. The number of hydrogen-bond acceptors (Lipinski definition) is 3. The highest BCUT2D eigenvalue weighted by Crippen LogP contribution is 2.21. The van der Waals surface area contributed by atoms with E-state index in [1.165, 1.54) is 5.57 Å². The van der Waals surface area contributed by atoms with E-state index in [0.717, 1.165) is 24.3 Å². The monoisotopic (exact) mass is 215 g/mol. The molecule has 1 amide bonds. The Labute approximate surface area is 89.0 Å². The summed E-state index contributed by atoms with van der Waals surface area (Å²) in [6, 6.07) is -0.155. The topological polar surface area (TPSA) is 49.3 Å². The Morgan fingerprint density at radius 2 is 2.29 bits per heavy atom. The van der Waals surface area contributed by atoms with E-state index in [-0.39, 0.29) is 18.6 Å². The molecule has 0 bridgehead atoms. The van der Waals surface area contributed by atoms with Crippen LogP contribution in [0.4, 0.5) is 0 Å². The van der Waals surface area contributed by atoms with Crippen molar-refractivity contribution in [1.82, 2.24) is 5.32 Å². The Morgan fingerprint density at radius 1 is 1.64 bits per heavy atom. The molecule has 1 unspecified atom stereocenters. The minimum Gasteiger partial charge on any atom is -0.394 e. The van der Waals surface area contributed by atoms with Crippen LogP contribution in [0.1, 0.15) is 19.8 Å². The van der Waals surface area contributed by atoms with E-state index in [4.69, 9.17) is 5.11 Å². The molecular formula is C10H17NO2S. The van der Waals surface area contributed by atoms with Crippen LogP contribution in [0.5, 0.6) is 0 Å². The smallest absolute Gasteiger partial charge is 0.244 e. The predicted molar refractivity (Wildman–Crippen MR) is 59.3 cm³/mol. The first-order valence-corrected chi connectivity index (χ1v) is 6.06. The van der Waals surface area contributed by atoms with E-state index < -0.39 is 0 Å². The summed E-state index contributed by atoms with van der Waals surface area (Å²) in [6.07, 6.45) is 3.73. The molecule has 1 heterocycles. The summed E-state index contributed by atoms with van der Waals surface area (Å²) in [5.74, 6) is 2.16. The maximum Gasteiger partial charge on any atom is 0.244 e. The number of aliphatic hydroxyl groups excluding tert-OH is 1. The van der Waals surface area contributed by atoms with Crippen LogP contribution in [0, 0.1) is 0 Å². The summed E-state index contributed by atoms with van der Waals surface area (Å²) < 4.78 is 0. The number of rotatable bonds is 3. The zero-order chi connectivity index (χ0) is 10.4. The molecule has 0 radical (unpaired) electrons. The molecule has 0 aliphatic carbocycles. The highest BCUT2D eigenvalue weighted by atomic mass is 32.2. The van der Waals surface area contributed by atoms with Crippen LogP contribution in [0.15, 0.2) is 11.6 Å². The second-order valence-corrected chi connectivity index (χ2v) is 4.73. The highest BCUT2D eigenvalue weighted by molar-refractivity contribution is 7.99. The van der Waals surface area contributed by atoms with E-state index in [0.29, 0.717) is 0 Å². The van der Waals surface area contributed by atoms with Gasteiger partial charge in [0, 0.05) is 12.1 Å². The number of allylic oxidation sites excluding steroid dienone is 1. The third-order valence-corrected chi connectivity index (χ3v) is 3.12. The minimum atomic E-state index is -0.155. The van der Waals surface area contributed by atoms with Gasteiger partial charge in [-0.3, -0.25) is 4.79 Å². The Bertz CT molecular complexity index is 220. The van der Waals surface area contributed by atoms with Crippen LogP contribution in [-0.2, 0) is 4.79 Å². The quantitative estimate of drug-likeness (QED) is 0.689. The van der Waals surface area contributed by atoms with Gasteiger partial charge in [-0.1, -0.05) is 5.57 Å². The molecular weight excluding hydrogens is 198 g/mol. The second-order valence-electron chi connectivity index (χ2n) is 3.51. The highest BCUT2D eigenvalue weighted by Gasteiger charge is 2.08. The van der Waals surface area contributed by atoms with Gasteiger partial charge >= 0.3 is 0 Å². The van der Waals surface area contributed by atoms with Crippen LogP contribution in [-0.4, -0.2) is 35.2 Å². The van der Waals surface area contributed by atoms with Crippen LogP contribution in [0.3, 0.4) is 0 Å². The van der Waals surface area contributed by atoms with Crippen LogP contribution < -0.4 is 5.32 Å². The molecule has 3 nitrogen and oxygen atoms in total. The normalized spacial score (nSPS) is 18.9. The predicted octanol–water partition coefficient (Wildman–Crippen LogP) is 0.937. The average molecular weight is 215 g/mol. The zero-order valence-electron chi connectivity index (χ0n) is 8.45. The molecule has 2 N–H and O–H groups in total. The third kappa shape index (κ3) is 4.15. The molecule has 1 aliphatic heterocycles. The lowest BCUT2D eigenvalue weighted by molar-refractivity contribution is -0.117. The first-order valence-electron chi connectivity index (χ1n) is 4.91. The lowest BCUT2D eigenvalue weighted by Gasteiger charge is -2.14. The van der Waals surface area contributed by atoms with Gasteiger partial charge in [0.15, 0.2) is 0 Å². The van der Waals surface area contributed by atoms with Gasteiger partial charge in [-0.15, -0.1) is 0 Å². The zero-order valence-corrected chi connectivity index (χ0v) is 9.27. The molecule has 0 aromatic carbocycles. The number of amides is 1. The molecule has 1 aliphatic rings. The van der Waals surface area contributed by atoms with E-state index in [2.05, 4.69) is 5.32 Å². The number of hydrogen-bond donors (Lipinski definition) is 2. The van der Waals surface area contributed by atoms with Gasteiger partial charge in [-0.2, -0.15) is 11.8 Å². The molecule has 80 valence electrons. The summed E-state index contributed by atoms with van der Waals surface area (Å²) in [6.45, 7) is 1.78. The maximum atomic E-state index is 11.4. The summed E-state index contributed by atoms with van der Waals surface area (Å²) in [5.41, 5.74) is 1.23. The van der Waals surface area contributed by atoms with Crippen molar-refractivity contribution in [2.24, 2.45) is 0 Å². The summed E-state index contributed by atoms with van der Waals surface area (Å²) in [7, 11) is 0. The first kappa shape index (κ1) is 11.6. The number of thioether (sulfide) groups is 1. The number of nitrogens with one attached hydrogen (secondary N) is 1. The molecule has 1 atom stereocenters. The average Bonchev–Trinajstić information content (AvgIpc) is 2.19. The first-order chi connectivity index (χ1) is 6.72. The number of aliphatic hydroxyl groups is 1. The van der Waals surface area contributed by atoms with Crippen molar-refractivity contribution >= 4 is 17.7 Å². The van der Waals surface area contributed by atoms with Gasteiger partial charge in [0.2, 0.25) is 5.91 Å². The van der Waals surface area contributed by atoms with Crippen molar-refractivity contribution in [2.45, 2.75) is 25.8 Å². The van der Waals surface area contributed by atoms with E-state index in [1.54, 1.807) is 13.0 Å². The Morgan fingerprint density at radius 3 is 2.86 bits per heavy atom. The lowest BCUT2D eigenvalue weighted by Crippen LogP contribution is -2.34. The summed E-state index contributed by atoms with van der Waals surface area (Å²) >= 11 is 1.93. The van der Waals surface area contributed by atoms with Gasteiger partial charge < -0.3 is 10.4 Å².